The number of quaternary nitrogens is 1. The normalized spacial score (nSPS) is 16.3. The van der Waals surface area contributed by atoms with E-state index in [1.807, 2.05) is 21.6 Å². The molecule has 0 radical (unpaired) electrons. The van der Waals surface area contributed by atoms with Gasteiger partial charge in [-0.3, -0.25) is 0 Å². The molecule has 0 saturated carbocycles. The molecule has 3 heterocycles. The quantitative estimate of drug-likeness (QED) is 0.778. The maximum absolute atomic E-state index is 5.41. The van der Waals surface area contributed by atoms with Crippen LogP contribution in [0.5, 0.6) is 0 Å². The van der Waals surface area contributed by atoms with Crippen LogP contribution >= 0.6 is 12.2 Å². The summed E-state index contributed by atoms with van der Waals surface area (Å²) in [5.74, 6) is 0.823. The summed E-state index contributed by atoms with van der Waals surface area (Å²) in [6, 6.07) is 1.84. The van der Waals surface area contributed by atoms with E-state index >= 15 is 0 Å². The highest BCUT2D eigenvalue weighted by molar-refractivity contribution is 7.71. The molecule has 0 atom stereocenters. The molecule has 1 aliphatic rings. The smallest absolute Gasteiger partial charge is 0.225 e. The molecular weight excluding hydrogens is 286 g/mol. The first-order valence-electron chi connectivity index (χ1n) is 7.25. The molecule has 0 unspecified atom stereocenters. The Kier molecular flexibility index (Phi) is 4.26. The Hall–Kier alpha value is -1.80. The molecule has 2 aromatic heterocycles. The van der Waals surface area contributed by atoms with E-state index in [-0.39, 0.29) is 0 Å². The number of hydrogen-bond donors (Lipinski definition) is 1. The SMILES string of the molecule is CCn1cnn(C[NH+]2CCN(c3ncccn3)CC2)c1=S. The first kappa shape index (κ1) is 14.2. The molecule has 1 aliphatic heterocycles. The van der Waals surface area contributed by atoms with Crippen LogP contribution in [0, 0.1) is 4.77 Å². The molecule has 112 valence electrons. The fourth-order valence-electron chi connectivity index (χ4n) is 2.54. The molecule has 3 rings (SSSR count). The summed E-state index contributed by atoms with van der Waals surface area (Å²) in [5, 5.41) is 4.37. The molecule has 0 bridgehead atoms. The maximum atomic E-state index is 5.41. The molecule has 0 aliphatic carbocycles. The van der Waals surface area contributed by atoms with E-state index in [0.29, 0.717) is 0 Å². The van der Waals surface area contributed by atoms with Crippen molar-refractivity contribution >= 4 is 18.2 Å². The molecule has 1 N–H and O–H groups in total. The second-order valence-electron chi connectivity index (χ2n) is 5.14. The number of aromatic nitrogens is 5. The lowest BCUT2D eigenvalue weighted by Crippen LogP contribution is -3.14. The number of nitrogens with zero attached hydrogens (tertiary/aromatic N) is 6. The molecule has 8 heteroatoms. The summed E-state index contributed by atoms with van der Waals surface area (Å²) in [7, 11) is 0. The zero-order chi connectivity index (χ0) is 14.7. The molecule has 2 aromatic rings. The van der Waals surface area contributed by atoms with Crippen molar-refractivity contribution in [2.24, 2.45) is 0 Å². The van der Waals surface area contributed by atoms with E-state index in [0.717, 1.165) is 50.1 Å². The van der Waals surface area contributed by atoms with Crippen molar-refractivity contribution < 1.29 is 4.90 Å². The van der Waals surface area contributed by atoms with Gasteiger partial charge in [-0.15, -0.1) is 0 Å². The van der Waals surface area contributed by atoms with Gasteiger partial charge in [-0.2, -0.15) is 9.78 Å². The molecule has 0 aromatic carbocycles. The molecule has 0 amide bonds. The molecular formula is C13H20N7S+. The minimum absolute atomic E-state index is 0.804. The van der Waals surface area contributed by atoms with Gasteiger partial charge in [0.2, 0.25) is 10.7 Å². The topological polar surface area (TPSA) is 56.2 Å². The Labute approximate surface area is 128 Å². The number of aryl methyl sites for hydroxylation is 1. The predicted molar refractivity (Wildman–Crippen MR) is 81.7 cm³/mol. The summed E-state index contributed by atoms with van der Waals surface area (Å²) in [4.78, 5) is 12.3. The third kappa shape index (κ3) is 3.11. The molecule has 0 spiro atoms. The number of anilines is 1. The summed E-state index contributed by atoms with van der Waals surface area (Å²) in [5.41, 5.74) is 0. The van der Waals surface area contributed by atoms with Crippen LogP contribution in [0.15, 0.2) is 24.8 Å². The molecule has 1 fully saturated rings. The Bertz CT molecular complexity index is 627. The first-order valence-corrected chi connectivity index (χ1v) is 7.66. The lowest BCUT2D eigenvalue weighted by atomic mass is 10.3. The van der Waals surface area contributed by atoms with Crippen molar-refractivity contribution in [2.75, 3.05) is 31.1 Å². The van der Waals surface area contributed by atoms with E-state index in [1.165, 1.54) is 4.90 Å². The first-order chi connectivity index (χ1) is 10.3. The van der Waals surface area contributed by atoms with Crippen LogP contribution in [0.4, 0.5) is 5.95 Å². The average Bonchev–Trinajstić information content (AvgIpc) is 2.89. The van der Waals surface area contributed by atoms with Gasteiger partial charge in [0.1, 0.15) is 6.33 Å². The van der Waals surface area contributed by atoms with Crippen molar-refractivity contribution in [3.63, 3.8) is 0 Å². The van der Waals surface area contributed by atoms with Gasteiger partial charge in [0, 0.05) is 18.9 Å². The molecule has 7 nitrogen and oxygen atoms in total. The maximum Gasteiger partial charge on any atom is 0.225 e. The van der Waals surface area contributed by atoms with Gasteiger partial charge < -0.3 is 14.4 Å². The number of piperazine rings is 1. The van der Waals surface area contributed by atoms with Crippen molar-refractivity contribution in [1.82, 2.24) is 24.3 Å². The van der Waals surface area contributed by atoms with Crippen LogP contribution < -0.4 is 9.80 Å². The summed E-state index contributed by atoms with van der Waals surface area (Å²) in [6.07, 6.45) is 5.40. The largest absolute Gasteiger partial charge is 0.330 e. The summed E-state index contributed by atoms with van der Waals surface area (Å²) in [6.45, 7) is 7.77. The Balaban J connectivity index is 1.59. The van der Waals surface area contributed by atoms with Crippen molar-refractivity contribution in [3.8, 4) is 0 Å². The zero-order valence-electron chi connectivity index (χ0n) is 12.1. The highest BCUT2D eigenvalue weighted by atomic mass is 32.1. The fourth-order valence-corrected chi connectivity index (χ4v) is 2.83. The Morgan fingerprint density at radius 1 is 1.24 bits per heavy atom. The van der Waals surface area contributed by atoms with Crippen LogP contribution in [0.1, 0.15) is 6.92 Å². The van der Waals surface area contributed by atoms with E-state index in [1.54, 1.807) is 12.4 Å². The van der Waals surface area contributed by atoms with Crippen molar-refractivity contribution in [1.29, 1.82) is 0 Å². The average molecular weight is 306 g/mol. The van der Waals surface area contributed by atoms with Gasteiger partial charge in [-0.25, -0.2) is 9.97 Å². The third-order valence-electron chi connectivity index (χ3n) is 3.82. The lowest BCUT2D eigenvalue weighted by molar-refractivity contribution is -0.924. The van der Waals surface area contributed by atoms with Crippen molar-refractivity contribution in [2.45, 2.75) is 20.1 Å². The lowest BCUT2D eigenvalue weighted by Gasteiger charge is -2.31. The monoisotopic (exact) mass is 306 g/mol. The highest BCUT2D eigenvalue weighted by Gasteiger charge is 2.22. The van der Waals surface area contributed by atoms with E-state index < -0.39 is 0 Å². The second-order valence-corrected chi connectivity index (χ2v) is 5.51. The second kappa shape index (κ2) is 6.31. The number of rotatable bonds is 4. The van der Waals surface area contributed by atoms with Gasteiger partial charge in [0.25, 0.3) is 0 Å². The van der Waals surface area contributed by atoms with Crippen LogP contribution in [-0.2, 0) is 13.2 Å². The van der Waals surface area contributed by atoms with Gasteiger partial charge in [-0.05, 0) is 25.2 Å². The van der Waals surface area contributed by atoms with E-state index in [4.69, 9.17) is 12.2 Å². The minimum Gasteiger partial charge on any atom is -0.330 e. The standard InChI is InChI=1S/C13H19N7S/c1-2-18-10-16-20(13(18)21)11-17-6-8-19(9-7-17)12-14-4-3-5-15-12/h3-5,10H,2,6-9,11H2,1H3/p+1. The predicted octanol–water partition coefficient (Wildman–Crippen LogP) is -0.413. The van der Waals surface area contributed by atoms with Crippen LogP contribution in [-0.4, -0.2) is 50.5 Å². The third-order valence-corrected chi connectivity index (χ3v) is 4.26. The van der Waals surface area contributed by atoms with Crippen LogP contribution in [0.25, 0.3) is 0 Å². The van der Waals surface area contributed by atoms with Gasteiger partial charge >= 0.3 is 0 Å². The van der Waals surface area contributed by atoms with Gasteiger partial charge in [0.05, 0.1) is 26.2 Å². The van der Waals surface area contributed by atoms with Crippen LogP contribution in [0.3, 0.4) is 0 Å². The fraction of sp³-hybridized carbons (Fsp3) is 0.538. The minimum atomic E-state index is 0.804. The zero-order valence-corrected chi connectivity index (χ0v) is 13.0. The van der Waals surface area contributed by atoms with Crippen molar-refractivity contribution in [3.05, 3.63) is 29.6 Å². The number of hydrogen-bond acceptors (Lipinski definition) is 5. The van der Waals surface area contributed by atoms with E-state index in [2.05, 4.69) is 26.9 Å². The highest BCUT2D eigenvalue weighted by Crippen LogP contribution is 2.04. The Morgan fingerprint density at radius 2 is 1.95 bits per heavy atom. The van der Waals surface area contributed by atoms with E-state index in [9.17, 15) is 0 Å². The Morgan fingerprint density at radius 3 is 2.57 bits per heavy atom. The van der Waals surface area contributed by atoms with Gasteiger partial charge in [0.15, 0.2) is 6.67 Å². The molecule has 1 saturated heterocycles. The summed E-state index contributed by atoms with van der Waals surface area (Å²) < 4.78 is 4.71. The van der Waals surface area contributed by atoms with Gasteiger partial charge in [-0.1, -0.05) is 0 Å². The molecule has 21 heavy (non-hydrogen) atoms. The summed E-state index contributed by atoms with van der Waals surface area (Å²) >= 11 is 5.41. The van der Waals surface area contributed by atoms with Crippen LogP contribution in [0.2, 0.25) is 0 Å². The number of nitrogens with one attached hydrogen (secondary N) is 1.